The summed E-state index contributed by atoms with van der Waals surface area (Å²) in [6.45, 7) is 4.19. The number of benzene rings is 1. The molecule has 3 heterocycles. The number of anilines is 1. The first-order valence-corrected chi connectivity index (χ1v) is 7.55. The van der Waals surface area contributed by atoms with Gasteiger partial charge in [0, 0.05) is 0 Å². The standard InChI is InChI=1S/C14H14N6S/c1-7(2)11-10-12(15)17-18-13(10)20(19-11)14-16-8-5-3-4-6-9(8)21-14/h3-7H,1-2H3,(H3,15,17,18). The fourth-order valence-corrected chi connectivity index (χ4v) is 3.36. The van der Waals surface area contributed by atoms with Crippen molar-refractivity contribution in [2.24, 2.45) is 0 Å². The third-order valence-electron chi connectivity index (χ3n) is 3.45. The molecule has 0 aliphatic heterocycles. The fourth-order valence-electron chi connectivity index (χ4n) is 2.44. The highest BCUT2D eigenvalue weighted by Crippen LogP contribution is 2.32. The second-order valence-corrected chi connectivity index (χ2v) is 6.26. The van der Waals surface area contributed by atoms with E-state index >= 15 is 0 Å². The fraction of sp³-hybridized carbons (Fsp3) is 0.214. The predicted molar refractivity (Wildman–Crippen MR) is 84.9 cm³/mol. The van der Waals surface area contributed by atoms with E-state index < -0.39 is 0 Å². The lowest BCUT2D eigenvalue weighted by Crippen LogP contribution is -1.99. The van der Waals surface area contributed by atoms with E-state index in [0.717, 1.165) is 32.1 Å². The number of rotatable bonds is 2. The zero-order valence-electron chi connectivity index (χ0n) is 11.7. The van der Waals surface area contributed by atoms with Gasteiger partial charge in [-0.25, -0.2) is 4.98 Å². The number of nitrogens with zero attached hydrogens (tertiary/aromatic N) is 4. The molecule has 0 bridgehead atoms. The molecule has 3 aromatic heterocycles. The van der Waals surface area contributed by atoms with Crippen LogP contribution in [0.4, 0.5) is 5.82 Å². The number of aromatic nitrogens is 5. The van der Waals surface area contributed by atoms with Crippen LogP contribution in [0.3, 0.4) is 0 Å². The van der Waals surface area contributed by atoms with Crippen LogP contribution < -0.4 is 5.73 Å². The Morgan fingerprint density at radius 2 is 2.10 bits per heavy atom. The van der Waals surface area contributed by atoms with Crippen molar-refractivity contribution < 1.29 is 0 Å². The number of aromatic amines is 1. The van der Waals surface area contributed by atoms with Gasteiger partial charge >= 0.3 is 0 Å². The molecule has 6 nitrogen and oxygen atoms in total. The molecule has 7 heteroatoms. The van der Waals surface area contributed by atoms with Crippen molar-refractivity contribution in [3.05, 3.63) is 30.0 Å². The van der Waals surface area contributed by atoms with Gasteiger partial charge in [0.1, 0.15) is 5.82 Å². The lowest BCUT2D eigenvalue weighted by Gasteiger charge is -1.99. The highest BCUT2D eigenvalue weighted by molar-refractivity contribution is 7.20. The molecule has 0 amide bonds. The number of hydrogen-bond donors (Lipinski definition) is 2. The summed E-state index contributed by atoms with van der Waals surface area (Å²) in [5.41, 5.74) is 8.63. The second kappa shape index (κ2) is 4.29. The molecule has 0 aliphatic rings. The number of nitrogens with two attached hydrogens (primary N) is 1. The van der Waals surface area contributed by atoms with E-state index in [1.807, 2.05) is 18.2 Å². The van der Waals surface area contributed by atoms with Crippen molar-refractivity contribution in [1.29, 1.82) is 0 Å². The first-order chi connectivity index (χ1) is 10.1. The summed E-state index contributed by atoms with van der Waals surface area (Å²) in [5, 5.41) is 13.5. The molecule has 4 aromatic rings. The number of H-pyrrole nitrogens is 1. The average Bonchev–Trinajstić information content (AvgIpc) is 3.13. The summed E-state index contributed by atoms with van der Waals surface area (Å²) in [6.07, 6.45) is 0. The third-order valence-corrected chi connectivity index (χ3v) is 4.46. The number of nitrogen functional groups attached to an aromatic ring is 1. The quantitative estimate of drug-likeness (QED) is 0.595. The minimum Gasteiger partial charge on any atom is -0.383 e. The summed E-state index contributed by atoms with van der Waals surface area (Å²) in [5.74, 6) is 0.823. The SMILES string of the molecule is CC(C)c1nn(-c2nc3ccccc3s2)c2n[nH]c(N)c12. The lowest BCUT2D eigenvalue weighted by atomic mass is 10.1. The van der Waals surface area contributed by atoms with Gasteiger partial charge in [-0.3, -0.25) is 5.10 Å². The van der Waals surface area contributed by atoms with E-state index in [0.29, 0.717) is 5.82 Å². The van der Waals surface area contributed by atoms with Crippen LogP contribution in [0.2, 0.25) is 0 Å². The normalized spacial score (nSPS) is 12.0. The molecule has 0 radical (unpaired) electrons. The van der Waals surface area contributed by atoms with Crippen LogP contribution in [0.15, 0.2) is 24.3 Å². The molecule has 0 spiro atoms. The van der Waals surface area contributed by atoms with E-state index in [2.05, 4.69) is 40.2 Å². The molecule has 106 valence electrons. The zero-order valence-corrected chi connectivity index (χ0v) is 12.5. The summed E-state index contributed by atoms with van der Waals surface area (Å²) in [7, 11) is 0. The largest absolute Gasteiger partial charge is 0.383 e. The number of thiazole rings is 1. The number of fused-ring (bicyclic) bond motifs is 2. The van der Waals surface area contributed by atoms with E-state index in [9.17, 15) is 0 Å². The van der Waals surface area contributed by atoms with E-state index in [4.69, 9.17) is 5.73 Å². The zero-order chi connectivity index (χ0) is 14.6. The monoisotopic (exact) mass is 298 g/mol. The maximum absolute atomic E-state index is 5.99. The molecule has 4 rings (SSSR count). The van der Waals surface area contributed by atoms with Crippen molar-refractivity contribution in [3.8, 4) is 5.13 Å². The highest BCUT2D eigenvalue weighted by atomic mass is 32.1. The van der Waals surface area contributed by atoms with Gasteiger partial charge in [0.05, 0.1) is 21.3 Å². The molecule has 3 N–H and O–H groups in total. The lowest BCUT2D eigenvalue weighted by molar-refractivity contribution is 0.770. The Hall–Kier alpha value is -2.41. The Bertz CT molecular complexity index is 912. The minimum absolute atomic E-state index is 0.267. The molecular formula is C14H14N6S. The first-order valence-electron chi connectivity index (χ1n) is 6.73. The van der Waals surface area contributed by atoms with Crippen molar-refractivity contribution in [2.45, 2.75) is 19.8 Å². The number of nitrogens with one attached hydrogen (secondary N) is 1. The molecule has 0 atom stereocenters. The van der Waals surface area contributed by atoms with E-state index in [1.165, 1.54) is 0 Å². The minimum atomic E-state index is 0.267. The average molecular weight is 298 g/mol. The maximum atomic E-state index is 5.99. The van der Waals surface area contributed by atoms with E-state index in [-0.39, 0.29) is 5.92 Å². The molecule has 1 aromatic carbocycles. The number of hydrogen-bond acceptors (Lipinski definition) is 5. The van der Waals surface area contributed by atoms with Crippen molar-refractivity contribution in [1.82, 2.24) is 25.0 Å². The topological polar surface area (TPSA) is 85.4 Å². The molecular weight excluding hydrogens is 284 g/mol. The summed E-state index contributed by atoms with van der Waals surface area (Å²) in [6, 6.07) is 8.05. The molecule has 0 saturated carbocycles. The summed E-state index contributed by atoms with van der Waals surface area (Å²) >= 11 is 1.59. The van der Waals surface area contributed by atoms with Gasteiger partial charge in [-0.05, 0) is 18.1 Å². The highest BCUT2D eigenvalue weighted by Gasteiger charge is 2.21. The Labute approximate surface area is 124 Å². The maximum Gasteiger partial charge on any atom is 0.213 e. The predicted octanol–water partition coefficient (Wildman–Crippen LogP) is 3.06. The summed E-state index contributed by atoms with van der Waals surface area (Å²) in [4.78, 5) is 4.64. The summed E-state index contributed by atoms with van der Waals surface area (Å²) < 4.78 is 2.91. The second-order valence-electron chi connectivity index (χ2n) is 5.25. The van der Waals surface area contributed by atoms with Gasteiger partial charge in [-0.15, -0.1) is 0 Å². The van der Waals surface area contributed by atoms with Gasteiger partial charge < -0.3 is 5.73 Å². The van der Waals surface area contributed by atoms with Gasteiger partial charge in [0.25, 0.3) is 0 Å². The molecule has 0 fully saturated rings. The van der Waals surface area contributed by atoms with Crippen LogP contribution in [-0.4, -0.2) is 25.0 Å². The van der Waals surface area contributed by atoms with Crippen LogP contribution in [0.1, 0.15) is 25.5 Å². The van der Waals surface area contributed by atoms with Gasteiger partial charge in [-0.2, -0.15) is 14.9 Å². The van der Waals surface area contributed by atoms with Crippen molar-refractivity contribution in [2.75, 3.05) is 5.73 Å². The molecule has 0 aliphatic carbocycles. The van der Waals surface area contributed by atoms with Gasteiger partial charge in [-0.1, -0.05) is 37.3 Å². The van der Waals surface area contributed by atoms with Crippen LogP contribution in [0, 0.1) is 0 Å². The molecule has 0 unspecified atom stereocenters. The Morgan fingerprint density at radius 3 is 2.86 bits per heavy atom. The Morgan fingerprint density at radius 1 is 1.29 bits per heavy atom. The van der Waals surface area contributed by atoms with Gasteiger partial charge in [0.2, 0.25) is 5.13 Å². The first kappa shape index (κ1) is 12.3. The Balaban J connectivity index is 2.01. The van der Waals surface area contributed by atoms with Crippen molar-refractivity contribution in [3.63, 3.8) is 0 Å². The van der Waals surface area contributed by atoms with E-state index in [1.54, 1.807) is 16.0 Å². The van der Waals surface area contributed by atoms with Gasteiger partial charge in [0.15, 0.2) is 5.65 Å². The van der Waals surface area contributed by atoms with Crippen LogP contribution in [0.5, 0.6) is 0 Å². The van der Waals surface area contributed by atoms with Crippen LogP contribution in [-0.2, 0) is 0 Å². The van der Waals surface area contributed by atoms with Crippen molar-refractivity contribution >= 4 is 38.4 Å². The third kappa shape index (κ3) is 1.74. The molecule has 21 heavy (non-hydrogen) atoms. The van der Waals surface area contributed by atoms with Crippen LogP contribution in [0.25, 0.3) is 26.4 Å². The Kier molecular flexibility index (Phi) is 2.52. The molecule has 0 saturated heterocycles. The number of para-hydroxylation sites is 1. The van der Waals surface area contributed by atoms with Crippen LogP contribution >= 0.6 is 11.3 Å². The smallest absolute Gasteiger partial charge is 0.213 e.